The fourth-order valence-corrected chi connectivity index (χ4v) is 7.19. The highest BCUT2D eigenvalue weighted by atomic mass is 19.3. The normalized spacial score (nSPS) is 25.6. The van der Waals surface area contributed by atoms with Crippen molar-refractivity contribution in [1.29, 1.82) is 0 Å². The molecular formula is C34H46F2N6. The quantitative estimate of drug-likeness (QED) is 0.319. The Balaban J connectivity index is 1.38. The Kier molecular flexibility index (Phi) is 8.89. The maximum atomic E-state index is 15.8. The zero-order valence-corrected chi connectivity index (χ0v) is 25.3. The molecule has 2 fully saturated rings. The standard InChI is InChI=1S/C34H46F2N6/c1-24-26-12-11-13-28(22-26)34(35,36)27-15-20-41(21-16-27)17-8-5-3-4-7-14-30-32-25(2)39-40-33(37-24)29(32)23-31(38-30)42-18-9-6-10-19-42/h11-13,22-24,27H,3-10,14-21H2,1-2H3,(H,37,40)/t24-/m1/s1. The van der Waals surface area contributed by atoms with Gasteiger partial charge in [0.05, 0.1) is 17.4 Å². The van der Waals surface area contributed by atoms with Crippen LogP contribution < -0.4 is 10.2 Å². The molecule has 8 bridgehead atoms. The highest BCUT2D eigenvalue weighted by Crippen LogP contribution is 2.42. The van der Waals surface area contributed by atoms with Gasteiger partial charge in [-0.3, -0.25) is 0 Å². The zero-order chi connectivity index (χ0) is 29.1. The molecule has 0 radical (unpaired) electrons. The van der Waals surface area contributed by atoms with E-state index in [1.54, 1.807) is 18.2 Å². The largest absolute Gasteiger partial charge is 0.362 e. The summed E-state index contributed by atoms with van der Waals surface area (Å²) in [5, 5.41) is 14.8. The van der Waals surface area contributed by atoms with Gasteiger partial charge >= 0.3 is 0 Å². The van der Waals surface area contributed by atoms with E-state index >= 15 is 8.78 Å². The number of hydrogen-bond donors (Lipinski definition) is 1. The fraction of sp³-hybridized carbons (Fsp3) is 0.618. The Morgan fingerprint density at radius 1 is 0.857 bits per heavy atom. The highest BCUT2D eigenvalue weighted by Gasteiger charge is 2.42. The van der Waals surface area contributed by atoms with E-state index in [1.165, 1.54) is 38.5 Å². The third-order valence-electron chi connectivity index (χ3n) is 9.79. The Hall–Kier alpha value is -2.87. The second-order valence-electron chi connectivity index (χ2n) is 12.8. The van der Waals surface area contributed by atoms with Crippen LogP contribution in [0.2, 0.25) is 0 Å². The molecule has 42 heavy (non-hydrogen) atoms. The molecule has 0 saturated carbocycles. The minimum atomic E-state index is -2.85. The average Bonchev–Trinajstić information content (AvgIpc) is 3.02. The molecule has 0 amide bonds. The molecule has 8 heteroatoms. The minimum absolute atomic E-state index is 0.122. The molecule has 1 aromatic carbocycles. The number of aromatic nitrogens is 3. The number of halogens is 2. The average molecular weight is 577 g/mol. The first-order valence-corrected chi connectivity index (χ1v) is 16.3. The Morgan fingerprint density at radius 2 is 1.57 bits per heavy atom. The van der Waals surface area contributed by atoms with Crippen molar-refractivity contribution in [3.63, 3.8) is 0 Å². The topological polar surface area (TPSA) is 57.2 Å². The maximum absolute atomic E-state index is 15.8. The molecule has 0 aliphatic carbocycles. The molecule has 0 unspecified atom stereocenters. The van der Waals surface area contributed by atoms with Crippen molar-refractivity contribution in [2.75, 3.05) is 42.9 Å². The Labute approximate surface area is 249 Å². The van der Waals surface area contributed by atoms with Crippen LogP contribution in [0.25, 0.3) is 10.8 Å². The summed E-state index contributed by atoms with van der Waals surface area (Å²) in [5.74, 6) is -1.75. The predicted octanol–water partition coefficient (Wildman–Crippen LogP) is 7.81. The van der Waals surface area contributed by atoms with Crippen LogP contribution in [-0.4, -0.2) is 52.8 Å². The number of nitrogens with zero attached hydrogens (tertiary/aromatic N) is 5. The van der Waals surface area contributed by atoms with Gasteiger partial charge in [-0.2, -0.15) is 5.10 Å². The predicted molar refractivity (Wildman–Crippen MR) is 166 cm³/mol. The smallest absolute Gasteiger partial charge is 0.276 e. The SMILES string of the molecule is Cc1nnc2c3cc(N4CCCCC4)nc(c13)CCCCCCCN1CCC(CC1)C(F)(F)c1cccc(c1)[C@@H](C)N2. The number of fused-ring (bicyclic) bond motifs is 9. The number of anilines is 2. The number of rotatable bonds is 1. The van der Waals surface area contributed by atoms with Crippen molar-refractivity contribution in [3.05, 3.63) is 52.8 Å². The van der Waals surface area contributed by atoms with Gasteiger partial charge in [0.1, 0.15) is 5.82 Å². The molecule has 6 nitrogen and oxygen atoms in total. The van der Waals surface area contributed by atoms with E-state index in [2.05, 4.69) is 31.4 Å². The molecule has 3 aromatic rings. The van der Waals surface area contributed by atoms with E-state index in [-0.39, 0.29) is 11.6 Å². The molecule has 4 aliphatic heterocycles. The third kappa shape index (κ3) is 6.24. The van der Waals surface area contributed by atoms with Gasteiger partial charge in [-0.1, -0.05) is 37.5 Å². The van der Waals surface area contributed by atoms with Crippen LogP contribution in [0.15, 0.2) is 30.3 Å². The summed E-state index contributed by atoms with van der Waals surface area (Å²) in [6, 6.07) is 8.96. The van der Waals surface area contributed by atoms with E-state index < -0.39 is 11.8 Å². The van der Waals surface area contributed by atoms with Crippen molar-refractivity contribution in [1.82, 2.24) is 20.1 Å². The summed E-state index contributed by atoms with van der Waals surface area (Å²) >= 11 is 0. The molecule has 7 rings (SSSR count). The van der Waals surface area contributed by atoms with E-state index in [9.17, 15) is 0 Å². The van der Waals surface area contributed by atoms with Crippen molar-refractivity contribution in [2.24, 2.45) is 5.92 Å². The number of piperidine rings is 2. The summed E-state index contributed by atoms with van der Waals surface area (Å²) in [6.45, 7) is 8.63. The second-order valence-corrected chi connectivity index (χ2v) is 12.8. The van der Waals surface area contributed by atoms with E-state index in [1.807, 2.05) is 19.9 Å². The third-order valence-corrected chi connectivity index (χ3v) is 9.79. The van der Waals surface area contributed by atoms with E-state index in [0.717, 1.165) is 85.5 Å². The molecule has 6 heterocycles. The molecule has 1 N–H and O–H groups in total. The molecule has 2 aromatic heterocycles. The molecule has 4 aliphatic rings. The molecule has 1 atom stereocenters. The summed E-state index contributed by atoms with van der Waals surface area (Å²) in [5.41, 5.74) is 2.94. The fourth-order valence-electron chi connectivity index (χ4n) is 7.19. The highest BCUT2D eigenvalue weighted by molar-refractivity contribution is 5.96. The van der Waals surface area contributed by atoms with Crippen molar-refractivity contribution in [2.45, 2.75) is 96.4 Å². The molecular weight excluding hydrogens is 530 g/mol. The summed E-state index contributed by atoms with van der Waals surface area (Å²) in [7, 11) is 0. The van der Waals surface area contributed by atoms with Gasteiger partial charge < -0.3 is 15.1 Å². The lowest BCUT2D eigenvalue weighted by Gasteiger charge is -2.36. The lowest BCUT2D eigenvalue weighted by Crippen LogP contribution is -2.40. The van der Waals surface area contributed by atoms with Crippen LogP contribution in [-0.2, 0) is 12.3 Å². The van der Waals surface area contributed by atoms with Crippen molar-refractivity contribution in [3.8, 4) is 0 Å². The Bertz CT molecular complexity index is 1360. The first kappa shape index (κ1) is 29.2. The monoisotopic (exact) mass is 576 g/mol. The van der Waals surface area contributed by atoms with Crippen molar-refractivity contribution >= 4 is 22.4 Å². The van der Waals surface area contributed by atoms with E-state index in [4.69, 9.17) is 4.98 Å². The first-order chi connectivity index (χ1) is 20.4. The summed E-state index contributed by atoms with van der Waals surface area (Å²) in [4.78, 5) is 10.0. The maximum Gasteiger partial charge on any atom is 0.276 e. The Morgan fingerprint density at radius 3 is 2.38 bits per heavy atom. The van der Waals surface area contributed by atoms with Gasteiger partial charge in [-0.25, -0.2) is 13.8 Å². The van der Waals surface area contributed by atoms with E-state index in [0.29, 0.717) is 18.7 Å². The van der Waals surface area contributed by atoms with Gasteiger partial charge in [-0.15, -0.1) is 5.10 Å². The zero-order valence-electron chi connectivity index (χ0n) is 25.3. The van der Waals surface area contributed by atoms with Crippen LogP contribution in [0.4, 0.5) is 20.4 Å². The van der Waals surface area contributed by atoms with Gasteiger partial charge in [-0.05, 0) is 103 Å². The molecule has 226 valence electrons. The van der Waals surface area contributed by atoms with Gasteiger partial charge in [0.2, 0.25) is 0 Å². The number of nitrogens with one attached hydrogen (secondary N) is 1. The number of benzene rings is 1. The van der Waals surface area contributed by atoms with Gasteiger partial charge in [0.25, 0.3) is 5.92 Å². The lowest BCUT2D eigenvalue weighted by molar-refractivity contribution is -0.0855. The van der Waals surface area contributed by atoms with Gasteiger partial charge in [0, 0.05) is 35.3 Å². The number of pyridine rings is 1. The summed E-state index contributed by atoms with van der Waals surface area (Å²) < 4.78 is 31.7. The summed E-state index contributed by atoms with van der Waals surface area (Å²) in [6.07, 6.45) is 11.4. The van der Waals surface area contributed by atoms with Crippen LogP contribution in [0.3, 0.4) is 0 Å². The molecule has 2 saturated heterocycles. The number of aryl methyl sites for hydroxylation is 2. The lowest BCUT2D eigenvalue weighted by atomic mass is 9.85. The van der Waals surface area contributed by atoms with Crippen molar-refractivity contribution < 1.29 is 8.78 Å². The second kappa shape index (κ2) is 12.8. The van der Waals surface area contributed by atoms with Crippen LogP contribution in [0.1, 0.15) is 99.7 Å². The minimum Gasteiger partial charge on any atom is -0.362 e. The van der Waals surface area contributed by atoms with Crippen LogP contribution in [0.5, 0.6) is 0 Å². The van der Waals surface area contributed by atoms with Crippen LogP contribution in [0, 0.1) is 12.8 Å². The van der Waals surface area contributed by atoms with Crippen LogP contribution >= 0.6 is 0 Å². The molecule has 0 spiro atoms. The number of alkyl halides is 2. The van der Waals surface area contributed by atoms with Gasteiger partial charge in [0.15, 0.2) is 5.82 Å². The first-order valence-electron chi connectivity index (χ1n) is 16.3. The number of hydrogen-bond acceptors (Lipinski definition) is 6.